The molecular formula is C16H22N2O2S. The van der Waals surface area contributed by atoms with E-state index in [1.807, 2.05) is 35.4 Å². The van der Waals surface area contributed by atoms with Crippen LogP contribution in [-0.4, -0.2) is 17.4 Å². The molecule has 1 amide bonds. The molecule has 0 fully saturated rings. The van der Waals surface area contributed by atoms with Crippen molar-refractivity contribution in [1.82, 2.24) is 4.90 Å². The summed E-state index contributed by atoms with van der Waals surface area (Å²) in [4.78, 5) is 15.7. The van der Waals surface area contributed by atoms with E-state index in [0.29, 0.717) is 19.6 Å². The minimum atomic E-state index is -0.0107. The van der Waals surface area contributed by atoms with E-state index in [9.17, 15) is 4.79 Å². The smallest absolute Gasteiger partial charge is 0.226 e. The zero-order valence-corrected chi connectivity index (χ0v) is 13.1. The van der Waals surface area contributed by atoms with Gasteiger partial charge in [-0.3, -0.25) is 4.79 Å². The van der Waals surface area contributed by atoms with Crippen LogP contribution in [0.25, 0.3) is 0 Å². The van der Waals surface area contributed by atoms with Gasteiger partial charge in [0.05, 0.1) is 19.4 Å². The van der Waals surface area contributed by atoms with Gasteiger partial charge in [0.2, 0.25) is 5.91 Å². The molecule has 0 radical (unpaired) electrons. The minimum absolute atomic E-state index is 0.0107. The van der Waals surface area contributed by atoms with E-state index < -0.39 is 0 Å². The van der Waals surface area contributed by atoms with Crippen LogP contribution in [0.3, 0.4) is 0 Å². The third-order valence-electron chi connectivity index (χ3n) is 3.43. The summed E-state index contributed by atoms with van der Waals surface area (Å²) in [5, 5.41) is 2.03. The molecule has 2 N–H and O–H groups in total. The average Bonchev–Trinajstić information content (AvgIpc) is 3.16. The fourth-order valence-electron chi connectivity index (χ4n) is 2.25. The second-order valence-corrected chi connectivity index (χ2v) is 6.22. The van der Waals surface area contributed by atoms with Gasteiger partial charge >= 0.3 is 0 Å². The SMILES string of the molecule is CC(CCCN)C(=O)N(Cc1ccco1)Cc1cccs1. The van der Waals surface area contributed by atoms with E-state index in [-0.39, 0.29) is 11.8 Å². The molecule has 5 heteroatoms. The van der Waals surface area contributed by atoms with E-state index in [2.05, 4.69) is 6.07 Å². The number of carbonyl (C=O) groups excluding carboxylic acids is 1. The number of rotatable bonds is 8. The van der Waals surface area contributed by atoms with E-state index in [4.69, 9.17) is 10.2 Å². The Morgan fingerprint density at radius 3 is 2.86 bits per heavy atom. The van der Waals surface area contributed by atoms with Crippen molar-refractivity contribution in [2.45, 2.75) is 32.9 Å². The van der Waals surface area contributed by atoms with Crippen LogP contribution in [0.15, 0.2) is 40.3 Å². The van der Waals surface area contributed by atoms with Crippen LogP contribution in [0.4, 0.5) is 0 Å². The van der Waals surface area contributed by atoms with Crippen LogP contribution in [0.1, 0.15) is 30.4 Å². The third-order valence-corrected chi connectivity index (χ3v) is 4.29. The van der Waals surface area contributed by atoms with Crippen molar-refractivity contribution < 1.29 is 9.21 Å². The summed E-state index contributed by atoms with van der Waals surface area (Å²) >= 11 is 1.67. The van der Waals surface area contributed by atoms with Gasteiger partial charge in [0.25, 0.3) is 0 Å². The molecule has 4 nitrogen and oxygen atoms in total. The lowest BCUT2D eigenvalue weighted by Crippen LogP contribution is -2.34. The van der Waals surface area contributed by atoms with E-state index >= 15 is 0 Å². The Bertz CT molecular complexity index is 486. The first-order valence-electron chi connectivity index (χ1n) is 7.24. The first-order valence-corrected chi connectivity index (χ1v) is 8.12. The maximum Gasteiger partial charge on any atom is 0.226 e. The summed E-state index contributed by atoms with van der Waals surface area (Å²) in [5.74, 6) is 0.961. The topological polar surface area (TPSA) is 59.5 Å². The molecule has 2 aromatic heterocycles. The molecule has 0 aliphatic rings. The molecule has 2 heterocycles. The minimum Gasteiger partial charge on any atom is -0.467 e. The Morgan fingerprint density at radius 2 is 2.24 bits per heavy atom. The highest BCUT2D eigenvalue weighted by atomic mass is 32.1. The number of furan rings is 1. The largest absolute Gasteiger partial charge is 0.467 e. The van der Waals surface area contributed by atoms with Crippen molar-refractivity contribution in [3.63, 3.8) is 0 Å². The molecule has 0 saturated carbocycles. The Hall–Kier alpha value is -1.59. The van der Waals surface area contributed by atoms with Gasteiger partial charge in [0.1, 0.15) is 5.76 Å². The summed E-state index contributed by atoms with van der Waals surface area (Å²) in [5.41, 5.74) is 5.53. The first kappa shape index (κ1) is 15.8. The van der Waals surface area contributed by atoms with Crippen molar-refractivity contribution >= 4 is 17.2 Å². The summed E-state index contributed by atoms with van der Waals surface area (Å²) in [6.07, 6.45) is 3.34. The second kappa shape index (κ2) is 8.00. The molecule has 0 aliphatic heterocycles. The van der Waals surface area contributed by atoms with E-state index in [1.165, 1.54) is 4.88 Å². The predicted octanol–water partition coefficient (Wildman–Crippen LogP) is 3.24. The van der Waals surface area contributed by atoms with Gasteiger partial charge in [-0.2, -0.15) is 0 Å². The summed E-state index contributed by atoms with van der Waals surface area (Å²) < 4.78 is 5.38. The van der Waals surface area contributed by atoms with Gasteiger partial charge in [0, 0.05) is 10.8 Å². The van der Waals surface area contributed by atoms with Crippen LogP contribution >= 0.6 is 11.3 Å². The molecule has 0 bridgehead atoms. The maximum absolute atomic E-state index is 12.6. The number of amides is 1. The standard InChI is InChI=1S/C16H22N2O2S/c1-13(5-2-8-17)16(19)18(11-14-6-3-9-20-14)12-15-7-4-10-21-15/h3-4,6-7,9-10,13H,2,5,8,11-12,17H2,1H3. The Balaban J connectivity index is 2.04. The van der Waals surface area contributed by atoms with Gasteiger partial charge in [-0.15, -0.1) is 11.3 Å². The zero-order valence-electron chi connectivity index (χ0n) is 12.3. The summed E-state index contributed by atoms with van der Waals surface area (Å²) in [6.45, 7) is 3.74. The molecular weight excluding hydrogens is 284 g/mol. The van der Waals surface area contributed by atoms with Crippen LogP contribution in [0.5, 0.6) is 0 Å². The highest BCUT2D eigenvalue weighted by Gasteiger charge is 2.21. The molecule has 21 heavy (non-hydrogen) atoms. The molecule has 0 aromatic carbocycles. The predicted molar refractivity (Wildman–Crippen MR) is 84.7 cm³/mol. The van der Waals surface area contributed by atoms with Crippen molar-refractivity contribution in [3.8, 4) is 0 Å². The lowest BCUT2D eigenvalue weighted by Gasteiger charge is -2.24. The number of nitrogens with two attached hydrogens (primary N) is 1. The number of thiophene rings is 1. The molecule has 114 valence electrons. The Labute approximate surface area is 129 Å². The fraction of sp³-hybridized carbons (Fsp3) is 0.438. The Morgan fingerprint density at radius 1 is 1.38 bits per heavy atom. The van der Waals surface area contributed by atoms with Crippen molar-refractivity contribution in [3.05, 3.63) is 46.5 Å². The monoisotopic (exact) mass is 306 g/mol. The number of carbonyl (C=O) groups is 1. The van der Waals surface area contributed by atoms with Crippen LogP contribution in [0.2, 0.25) is 0 Å². The number of nitrogens with zero attached hydrogens (tertiary/aromatic N) is 1. The summed E-state index contributed by atoms with van der Waals surface area (Å²) in [6, 6.07) is 7.81. The molecule has 0 saturated heterocycles. The van der Waals surface area contributed by atoms with Crippen molar-refractivity contribution in [2.24, 2.45) is 11.7 Å². The van der Waals surface area contributed by atoms with Gasteiger partial charge in [0.15, 0.2) is 0 Å². The highest BCUT2D eigenvalue weighted by Crippen LogP contribution is 2.18. The molecule has 1 atom stereocenters. The summed E-state index contributed by atoms with van der Waals surface area (Å²) in [7, 11) is 0. The van der Waals surface area contributed by atoms with Gasteiger partial charge < -0.3 is 15.1 Å². The molecule has 0 spiro atoms. The zero-order chi connectivity index (χ0) is 15.1. The highest BCUT2D eigenvalue weighted by molar-refractivity contribution is 7.09. The Kier molecular flexibility index (Phi) is 6.02. The lowest BCUT2D eigenvalue weighted by atomic mass is 10.0. The molecule has 0 aliphatic carbocycles. The quantitative estimate of drug-likeness (QED) is 0.814. The van der Waals surface area contributed by atoms with Gasteiger partial charge in [-0.1, -0.05) is 13.0 Å². The molecule has 2 rings (SSSR count). The van der Waals surface area contributed by atoms with E-state index in [1.54, 1.807) is 17.6 Å². The van der Waals surface area contributed by atoms with Gasteiger partial charge in [-0.25, -0.2) is 0 Å². The molecule has 1 unspecified atom stereocenters. The third kappa shape index (κ3) is 4.72. The fourth-order valence-corrected chi connectivity index (χ4v) is 2.97. The lowest BCUT2D eigenvalue weighted by molar-refractivity contribution is -0.136. The normalized spacial score (nSPS) is 12.3. The molecule has 2 aromatic rings. The van der Waals surface area contributed by atoms with Crippen LogP contribution in [-0.2, 0) is 17.9 Å². The van der Waals surface area contributed by atoms with Crippen LogP contribution < -0.4 is 5.73 Å². The number of hydrogen-bond acceptors (Lipinski definition) is 4. The average molecular weight is 306 g/mol. The second-order valence-electron chi connectivity index (χ2n) is 5.18. The first-order chi connectivity index (χ1) is 10.2. The number of hydrogen-bond donors (Lipinski definition) is 1. The van der Waals surface area contributed by atoms with Crippen molar-refractivity contribution in [2.75, 3.05) is 6.54 Å². The van der Waals surface area contributed by atoms with Crippen molar-refractivity contribution in [1.29, 1.82) is 0 Å². The van der Waals surface area contributed by atoms with Gasteiger partial charge in [-0.05, 0) is 43.0 Å². The van der Waals surface area contributed by atoms with Crippen LogP contribution in [0, 0.1) is 5.92 Å². The maximum atomic E-state index is 12.6. The van der Waals surface area contributed by atoms with E-state index in [0.717, 1.165) is 18.6 Å².